The Morgan fingerprint density at radius 1 is 1.00 bits per heavy atom. The van der Waals surface area contributed by atoms with Crippen molar-refractivity contribution in [2.45, 2.75) is 44.1 Å². The zero-order valence-electron chi connectivity index (χ0n) is 13.8. The topological polar surface area (TPSA) is 35.5 Å². The molecule has 0 aromatic rings. The molecular weight excluding hydrogens is 296 g/mol. The fraction of sp³-hybridized carbons (Fsp3) is 0.562. The Kier molecular flexibility index (Phi) is 9.29. The minimum absolute atomic E-state index is 0.452. The molecule has 0 fully saturated rings. The lowest BCUT2D eigenvalue weighted by atomic mass is 10.5. The molecule has 0 spiro atoms. The van der Waals surface area contributed by atoms with Gasteiger partial charge in [-0.1, -0.05) is 48.7 Å². The van der Waals surface area contributed by atoms with Crippen molar-refractivity contribution in [1.82, 2.24) is 0 Å². The summed E-state index contributed by atoms with van der Waals surface area (Å²) in [5.41, 5.74) is 6.18. The molecule has 0 rings (SSSR count). The molecule has 0 N–H and O–H groups in total. The monoisotopic (exact) mass is 326 g/mol. The third-order valence-electron chi connectivity index (χ3n) is 3.99. The summed E-state index contributed by atoms with van der Waals surface area (Å²) in [7, 11) is -1.55. The van der Waals surface area contributed by atoms with Crippen molar-refractivity contribution in [3.05, 3.63) is 36.8 Å². The van der Waals surface area contributed by atoms with Gasteiger partial charge in [-0.25, -0.2) is 4.79 Å². The van der Waals surface area contributed by atoms with Crippen LogP contribution in [0.15, 0.2) is 36.8 Å². The zero-order valence-corrected chi connectivity index (χ0v) is 15.8. The Morgan fingerprint density at radius 3 is 2.00 bits per heavy atom. The highest BCUT2D eigenvalue weighted by molar-refractivity contribution is 6.93. The second-order valence-electron chi connectivity index (χ2n) is 6.15. The van der Waals surface area contributed by atoms with Crippen molar-refractivity contribution in [2.24, 2.45) is 0 Å². The maximum Gasteiger partial charge on any atom is 0.507 e. The van der Waals surface area contributed by atoms with E-state index in [0.717, 1.165) is 18.5 Å². The fourth-order valence-corrected chi connectivity index (χ4v) is 7.06. The average Bonchev–Trinajstić information content (AvgIpc) is 2.48. The Morgan fingerprint density at radius 2 is 1.52 bits per heavy atom. The highest BCUT2D eigenvalue weighted by Crippen LogP contribution is 2.25. The second kappa shape index (κ2) is 9.79. The van der Waals surface area contributed by atoms with Crippen molar-refractivity contribution in [1.29, 1.82) is 0 Å². The van der Waals surface area contributed by atoms with Crippen molar-refractivity contribution in [2.75, 3.05) is 13.7 Å². The number of methoxy groups -OCH3 is 1. The first kappa shape index (κ1) is 19.9. The summed E-state index contributed by atoms with van der Waals surface area (Å²) >= 11 is 0. The molecular formula is C16H30O3Si2. The highest BCUT2D eigenvalue weighted by atomic mass is 28.3. The van der Waals surface area contributed by atoms with E-state index in [4.69, 9.17) is 4.74 Å². The van der Waals surface area contributed by atoms with Gasteiger partial charge < -0.3 is 9.47 Å². The van der Waals surface area contributed by atoms with Gasteiger partial charge in [-0.3, -0.25) is 0 Å². The third kappa shape index (κ3) is 8.07. The van der Waals surface area contributed by atoms with Crippen LogP contribution in [-0.2, 0) is 9.47 Å². The van der Waals surface area contributed by atoms with Crippen molar-refractivity contribution < 1.29 is 14.3 Å². The Hall–Kier alpha value is -1.08. The second-order valence-corrected chi connectivity index (χ2v) is 15.4. The van der Waals surface area contributed by atoms with Crippen molar-refractivity contribution in [3.63, 3.8) is 0 Å². The number of carbonyl (C=O) groups is 1. The van der Waals surface area contributed by atoms with Gasteiger partial charge in [-0.05, 0) is 12.5 Å². The predicted octanol–water partition coefficient (Wildman–Crippen LogP) is 4.88. The van der Waals surface area contributed by atoms with Crippen LogP contribution in [0.1, 0.15) is 12.8 Å². The molecule has 120 valence electrons. The van der Waals surface area contributed by atoms with Crippen LogP contribution in [0.5, 0.6) is 0 Å². The molecule has 0 atom stereocenters. The van der Waals surface area contributed by atoms with Gasteiger partial charge in [-0.2, -0.15) is 0 Å². The van der Waals surface area contributed by atoms with E-state index < -0.39 is 22.3 Å². The van der Waals surface area contributed by atoms with E-state index in [-0.39, 0.29) is 0 Å². The van der Waals surface area contributed by atoms with Crippen LogP contribution in [0.2, 0.25) is 31.2 Å². The Labute approximate surface area is 131 Å². The van der Waals surface area contributed by atoms with Crippen molar-refractivity contribution in [3.8, 4) is 0 Å². The molecule has 0 radical (unpaired) electrons. The lowest BCUT2D eigenvalue weighted by Crippen LogP contribution is -2.30. The fourth-order valence-electron chi connectivity index (χ4n) is 2.32. The van der Waals surface area contributed by atoms with Gasteiger partial charge in [0.15, 0.2) is 0 Å². The number of ether oxygens (including phenoxy) is 2. The number of rotatable bonds is 11. The maximum absolute atomic E-state index is 10.9. The molecule has 0 saturated carbocycles. The molecule has 0 aromatic carbocycles. The van der Waals surface area contributed by atoms with Crippen LogP contribution < -0.4 is 0 Å². The van der Waals surface area contributed by atoms with Crippen LogP contribution in [0.3, 0.4) is 0 Å². The molecule has 0 aliphatic carbocycles. The molecule has 0 amide bonds. The van der Waals surface area contributed by atoms with Gasteiger partial charge in [0.25, 0.3) is 0 Å². The first-order valence-corrected chi connectivity index (χ1v) is 13.3. The molecule has 5 heteroatoms. The summed E-state index contributed by atoms with van der Waals surface area (Å²) in [4.78, 5) is 10.9. The van der Waals surface area contributed by atoms with Crippen LogP contribution >= 0.6 is 0 Å². The average molecular weight is 327 g/mol. The van der Waals surface area contributed by atoms with E-state index in [0.29, 0.717) is 6.61 Å². The van der Waals surface area contributed by atoms with Crippen molar-refractivity contribution >= 4 is 22.3 Å². The van der Waals surface area contributed by atoms with E-state index in [1.165, 1.54) is 19.6 Å². The first-order valence-electron chi connectivity index (χ1n) is 7.46. The molecule has 0 bridgehead atoms. The minimum atomic E-state index is -1.65. The predicted molar refractivity (Wildman–Crippen MR) is 95.8 cm³/mol. The largest absolute Gasteiger partial charge is 0.507 e. The molecule has 21 heavy (non-hydrogen) atoms. The van der Waals surface area contributed by atoms with E-state index >= 15 is 0 Å². The summed E-state index contributed by atoms with van der Waals surface area (Å²) in [5, 5.41) is 0. The summed E-state index contributed by atoms with van der Waals surface area (Å²) in [6, 6.07) is 3.59. The van der Waals surface area contributed by atoms with Gasteiger partial charge in [0, 0.05) is 8.07 Å². The molecule has 0 aliphatic rings. The summed E-state index contributed by atoms with van der Waals surface area (Å²) in [6.45, 7) is 17.1. The third-order valence-corrected chi connectivity index (χ3v) is 10.9. The standard InChI is InChI=1S/C16H30O3Si2/c1-7-21(8-2,9-3)15-11-14-20(5,6)13-10-12-19-16(17)18-4/h7-9H,1-3,10-15H2,4-6H3. The minimum Gasteiger partial charge on any atom is -0.438 e. The van der Waals surface area contributed by atoms with Crippen LogP contribution in [0.4, 0.5) is 4.79 Å². The zero-order chi connectivity index (χ0) is 16.4. The molecule has 0 aromatic heterocycles. The normalized spacial score (nSPS) is 11.6. The number of carbonyl (C=O) groups excluding carboxylic acids is 1. The van der Waals surface area contributed by atoms with E-state index in [1.807, 2.05) is 0 Å². The SMILES string of the molecule is C=C[Si](C=C)(C=C)CCC[Si](C)(C)CCCOC(=O)OC. The van der Waals surface area contributed by atoms with E-state index in [9.17, 15) is 4.79 Å². The summed E-state index contributed by atoms with van der Waals surface area (Å²) in [6.07, 6.45) is 1.53. The number of hydrogen-bond acceptors (Lipinski definition) is 3. The molecule has 0 saturated heterocycles. The summed E-state index contributed by atoms with van der Waals surface area (Å²) < 4.78 is 9.37. The van der Waals surface area contributed by atoms with Gasteiger partial charge in [0.1, 0.15) is 8.07 Å². The number of hydrogen-bond donors (Lipinski definition) is 0. The lowest BCUT2D eigenvalue weighted by molar-refractivity contribution is 0.0728. The highest BCUT2D eigenvalue weighted by Gasteiger charge is 2.25. The van der Waals surface area contributed by atoms with Gasteiger partial charge in [0.2, 0.25) is 0 Å². The Balaban J connectivity index is 4.07. The quantitative estimate of drug-likeness (QED) is 0.308. The smallest absolute Gasteiger partial charge is 0.438 e. The van der Waals surface area contributed by atoms with E-state index in [2.05, 4.69) is 54.7 Å². The first-order chi connectivity index (χ1) is 9.84. The molecule has 0 heterocycles. The molecule has 0 unspecified atom stereocenters. The van der Waals surface area contributed by atoms with E-state index in [1.54, 1.807) is 0 Å². The molecule has 0 aliphatic heterocycles. The van der Waals surface area contributed by atoms with Gasteiger partial charge in [-0.15, -0.1) is 19.7 Å². The Bertz CT molecular complexity index is 343. The van der Waals surface area contributed by atoms with Crippen LogP contribution in [0.25, 0.3) is 0 Å². The van der Waals surface area contributed by atoms with Gasteiger partial charge in [0.05, 0.1) is 13.7 Å². The summed E-state index contributed by atoms with van der Waals surface area (Å²) in [5.74, 6) is 0. The maximum atomic E-state index is 10.9. The lowest BCUT2D eigenvalue weighted by Gasteiger charge is -2.25. The van der Waals surface area contributed by atoms with Crippen LogP contribution in [-0.4, -0.2) is 36.0 Å². The van der Waals surface area contributed by atoms with Crippen LogP contribution in [0, 0.1) is 0 Å². The van der Waals surface area contributed by atoms with Gasteiger partial charge >= 0.3 is 6.16 Å². The molecule has 3 nitrogen and oxygen atoms in total.